The molecular weight excluding hydrogens is 232 g/mol. The maximum Gasteiger partial charge on any atom is 0.353 e. The predicted octanol–water partition coefficient (Wildman–Crippen LogP) is 1.07. The zero-order chi connectivity index (χ0) is 12.2. The van der Waals surface area contributed by atoms with Gasteiger partial charge in [0.1, 0.15) is 11.0 Å². The van der Waals surface area contributed by atoms with Crippen LogP contribution < -0.4 is 0 Å². The summed E-state index contributed by atoms with van der Waals surface area (Å²) in [5.41, 5.74) is -0.257. The standard InChI is InChI=1S/C10H8O5S/c1-2-7-15-10(11)8-5-3-4-6-9(8)16(12,13)14/h3-6H,1H3,(H,12,13,14). The van der Waals surface area contributed by atoms with Crippen LogP contribution >= 0.6 is 0 Å². The van der Waals surface area contributed by atoms with Gasteiger partial charge >= 0.3 is 5.97 Å². The van der Waals surface area contributed by atoms with Crippen molar-refractivity contribution in [1.82, 2.24) is 0 Å². The quantitative estimate of drug-likeness (QED) is 0.475. The number of ether oxygens (including phenoxy) is 1. The summed E-state index contributed by atoms with van der Waals surface area (Å²) in [5.74, 6) is 1.39. The maximum absolute atomic E-state index is 11.4. The van der Waals surface area contributed by atoms with Crippen molar-refractivity contribution in [3.05, 3.63) is 29.8 Å². The molecule has 0 atom stereocenters. The molecular formula is C10H8O5S. The van der Waals surface area contributed by atoms with Crippen molar-refractivity contribution < 1.29 is 22.5 Å². The van der Waals surface area contributed by atoms with Crippen LogP contribution in [-0.2, 0) is 14.9 Å². The lowest BCUT2D eigenvalue weighted by Crippen LogP contribution is -2.09. The van der Waals surface area contributed by atoms with E-state index in [1.807, 2.05) is 6.11 Å². The average Bonchev–Trinajstić information content (AvgIpc) is 2.24. The number of benzene rings is 1. The van der Waals surface area contributed by atoms with Gasteiger partial charge in [0, 0.05) is 6.92 Å². The molecule has 0 spiro atoms. The van der Waals surface area contributed by atoms with Gasteiger partial charge in [0.2, 0.25) is 0 Å². The molecule has 0 saturated carbocycles. The minimum atomic E-state index is -4.45. The van der Waals surface area contributed by atoms with Gasteiger partial charge in [0.05, 0.1) is 5.56 Å². The summed E-state index contributed by atoms with van der Waals surface area (Å²) in [5, 5.41) is 0. The Bertz CT molecular complexity index is 562. The van der Waals surface area contributed by atoms with Crippen LogP contribution in [-0.4, -0.2) is 18.9 Å². The highest BCUT2D eigenvalue weighted by Gasteiger charge is 2.20. The largest absolute Gasteiger partial charge is 0.368 e. The van der Waals surface area contributed by atoms with Gasteiger partial charge in [-0.05, 0) is 12.1 Å². The first kappa shape index (κ1) is 12.2. The first-order chi connectivity index (χ1) is 7.46. The van der Waals surface area contributed by atoms with Crippen LogP contribution in [0.4, 0.5) is 0 Å². The topological polar surface area (TPSA) is 80.7 Å². The van der Waals surface area contributed by atoms with Crippen molar-refractivity contribution in [2.45, 2.75) is 11.8 Å². The van der Waals surface area contributed by atoms with E-state index in [-0.39, 0.29) is 5.56 Å². The van der Waals surface area contributed by atoms with E-state index in [1.165, 1.54) is 25.1 Å². The Balaban J connectivity index is 3.23. The number of carbonyl (C=O) groups is 1. The smallest absolute Gasteiger partial charge is 0.353 e. The molecule has 1 aromatic carbocycles. The SMILES string of the molecule is CC#COC(=O)c1ccccc1S(=O)(=O)O. The van der Waals surface area contributed by atoms with Crippen LogP contribution in [0.25, 0.3) is 0 Å². The van der Waals surface area contributed by atoms with Crippen molar-refractivity contribution in [3.63, 3.8) is 0 Å². The maximum atomic E-state index is 11.4. The fourth-order valence-corrected chi connectivity index (χ4v) is 1.69. The van der Waals surface area contributed by atoms with E-state index in [9.17, 15) is 13.2 Å². The fourth-order valence-electron chi connectivity index (χ4n) is 1.01. The highest BCUT2D eigenvalue weighted by Crippen LogP contribution is 2.15. The molecule has 1 aromatic rings. The van der Waals surface area contributed by atoms with Crippen LogP contribution in [0, 0.1) is 12.0 Å². The summed E-state index contributed by atoms with van der Waals surface area (Å²) >= 11 is 0. The molecule has 0 unspecified atom stereocenters. The van der Waals surface area contributed by atoms with Gasteiger partial charge in [-0.15, -0.1) is 0 Å². The lowest BCUT2D eigenvalue weighted by atomic mass is 10.2. The zero-order valence-corrected chi connectivity index (χ0v) is 9.11. The van der Waals surface area contributed by atoms with Crippen molar-refractivity contribution in [3.8, 4) is 12.0 Å². The monoisotopic (exact) mass is 240 g/mol. The zero-order valence-electron chi connectivity index (χ0n) is 8.30. The average molecular weight is 240 g/mol. The number of hydrogen-bond acceptors (Lipinski definition) is 4. The number of esters is 1. The van der Waals surface area contributed by atoms with E-state index in [0.29, 0.717) is 0 Å². The first-order valence-electron chi connectivity index (χ1n) is 4.16. The first-order valence-corrected chi connectivity index (χ1v) is 5.60. The lowest BCUT2D eigenvalue weighted by molar-refractivity contribution is 0.0686. The lowest BCUT2D eigenvalue weighted by Gasteiger charge is -2.02. The Labute approximate surface area is 92.8 Å². The molecule has 0 saturated heterocycles. The molecule has 0 aliphatic carbocycles. The normalized spacial score (nSPS) is 10.1. The van der Waals surface area contributed by atoms with Gasteiger partial charge in [-0.25, -0.2) is 4.79 Å². The highest BCUT2D eigenvalue weighted by atomic mass is 32.2. The number of carbonyl (C=O) groups excluding carboxylic acids is 1. The summed E-state index contributed by atoms with van der Waals surface area (Å²) < 4.78 is 35.2. The molecule has 1 N–H and O–H groups in total. The summed E-state index contributed by atoms with van der Waals surface area (Å²) in [6.45, 7) is 1.46. The van der Waals surface area contributed by atoms with Crippen molar-refractivity contribution in [1.29, 1.82) is 0 Å². The molecule has 0 aliphatic heterocycles. The molecule has 0 amide bonds. The van der Waals surface area contributed by atoms with Crippen LogP contribution in [0.2, 0.25) is 0 Å². The molecule has 0 heterocycles. The van der Waals surface area contributed by atoms with E-state index < -0.39 is 21.0 Å². The van der Waals surface area contributed by atoms with E-state index in [0.717, 1.165) is 6.07 Å². The molecule has 0 fully saturated rings. The number of rotatable bonds is 2. The second-order valence-electron chi connectivity index (χ2n) is 2.71. The Morgan fingerprint density at radius 1 is 1.38 bits per heavy atom. The van der Waals surface area contributed by atoms with Gasteiger partial charge in [0.15, 0.2) is 0 Å². The minimum Gasteiger partial charge on any atom is -0.368 e. The van der Waals surface area contributed by atoms with E-state index in [2.05, 4.69) is 10.7 Å². The second-order valence-corrected chi connectivity index (χ2v) is 4.10. The van der Waals surface area contributed by atoms with Crippen LogP contribution in [0.5, 0.6) is 0 Å². The molecule has 0 radical (unpaired) electrons. The van der Waals surface area contributed by atoms with Gasteiger partial charge < -0.3 is 4.74 Å². The van der Waals surface area contributed by atoms with Crippen molar-refractivity contribution in [2.75, 3.05) is 0 Å². The van der Waals surface area contributed by atoms with Crippen LogP contribution in [0.15, 0.2) is 29.2 Å². The summed E-state index contributed by atoms with van der Waals surface area (Å²) in [6.07, 6.45) is 2.05. The van der Waals surface area contributed by atoms with Crippen LogP contribution in [0.3, 0.4) is 0 Å². The minimum absolute atomic E-state index is 0.257. The van der Waals surface area contributed by atoms with Gasteiger partial charge in [-0.1, -0.05) is 18.1 Å². The number of hydrogen-bond donors (Lipinski definition) is 1. The van der Waals surface area contributed by atoms with E-state index in [1.54, 1.807) is 0 Å². The molecule has 0 bridgehead atoms. The Morgan fingerprint density at radius 3 is 2.56 bits per heavy atom. The van der Waals surface area contributed by atoms with Crippen LogP contribution in [0.1, 0.15) is 17.3 Å². The summed E-state index contributed by atoms with van der Waals surface area (Å²) in [6, 6.07) is 5.16. The molecule has 1 rings (SSSR count). The predicted molar refractivity (Wildman–Crippen MR) is 55.1 cm³/mol. The Hall–Kier alpha value is -1.84. The highest BCUT2D eigenvalue weighted by molar-refractivity contribution is 7.86. The van der Waals surface area contributed by atoms with E-state index >= 15 is 0 Å². The molecule has 0 aliphatic rings. The van der Waals surface area contributed by atoms with Gasteiger partial charge in [0.25, 0.3) is 10.1 Å². The fraction of sp³-hybridized carbons (Fsp3) is 0.100. The molecule has 0 aromatic heterocycles. The second kappa shape index (κ2) is 4.79. The Kier molecular flexibility index (Phi) is 3.66. The van der Waals surface area contributed by atoms with Gasteiger partial charge in [-0.2, -0.15) is 8.42 Å². The van der Waals surface area contributed by atoms with E-state index in [4.69, 9.17) is 4.55 Å². The molecule has 6 heteroatoms. The third-order valence-electron chi connectivity index (χ3n) is 1.63. The molecule has 5 nitrogen and oxygen atoms in total. The third-order valence-corrected chi connectivity index (χ3v) is 2.54. The van der Waals surface area contributed by atoms with Crippen molar-refractivity contribution in [2.24, 2.45) is 0 Å². The summed E-state index contributed by atoms with van der Waals surface area (Å²) in [4.78, 5) is 10.9. The van der Waals surface area contributed by atoms with Crippen molar-refractivity contribution >= 4 is 16.1 Å². The third kappa shape index (κ3) is 2.82. The Morgan fingerprint density at radius 2 is 2.00 bits per heavy atom. The molecule has 16 heavy (non-hydrogen) atoms. The molecule has 84 valence electrons. The van der Waals surface area contributed by atoms with Gasteiger partial charge in [-0.3, -0.25) is 4.55 Å². The summed E-state index contributed by atoms with van der Waals surface area (Å²) in [7, 11) is -4.45.